The Hall–Kier alpha value is -3.02. The number of nitrogens with one attached hydrogen (secondary N) is 1. The van der Waals surface area contributed by atoms with E-state index in [9.17, 15) is 9.59 Å². The Morgan fingerprint density at radius 2 is 1.61 bits per heavy atom. The van der Waals surface area contributed by atoms with Gasteiger partial charge in [-0.2, -0.15) is 0 Å². The third-order valence-corrected chi connectivity index (χ3v) is 3.37. The van der Waals surface area contributed by atoms with E-state index >= 15 is 0 Å². The third-order valence-electron chi connectivity index (χ3n) is 3.37. The van der Waals surface area contributed by atoms with Crippen molar-refractivity contribution in [2.24, 2.45) is 0 Å². The summed E-state index contributed by atoms with van der Waals surface area (Å²) in [6, 6.07) is 11.4. The van der Waals surface area contributed by atoms with Gasteiger partial charge in [0.1, 0.15) is 13.2 Å². The highest BCUT2D eigenvalue weighted by Gasteiger charge is 2.14. The molecule has 1 aliphatic heterocycles. The van der Waals surface area contributed by atoms with Gasteiger partial charge >= 0.3 is 5.97 Å². The van der Waals surface area contributed by atoms with Gasteiger partial charge in [0.15, 0.2) is 11.5 Å². The van der Waals surface area contributed by atoms with Crippen LogP contribution < -0.4 is 14.8 Å². The first kappa shape index (κ1) is 14.9. The molecule has 6 nitrogen and oxygen atoms in total. The van der Waals surface area contributed by atoms with Gasteiger partial charge in [0.05, 0.1) is 12.7 Å². The fourth-order valence-electron chi connectivity index (χ4n) is 2.20. The van der Waals surface area contributed by atoms with Crippen LogP contribution in [0.2, 0.25) is 0 Å². The monoisotopic (exact) mass is 313 g/mol. The summed E-state index contributed by atoms with van der Waals surface area (Å²) in [5.74, 6) is 0.550. The van der Waals surface area contributed by atoms with Gasteiger partial charge in [0.2, 0.25) is 0 Å². The highest BCUT2D eigenvalue weighted by molar-refractivity contribution is 6.05. The Morgan fingerprint density at radius 3 is 2.30 bits per heavy atom. The van der Waals surface area contributed by atoms with Crippen LogP contribution in [0.25, 0.3) is 0 Å². The maximum absolute atomic E-state index is 12.2. The SMILES string of the molecule is COC(=O)c1ccc(C(=O)Nc2ccc3c(c2)OCCO3)cc1. The number of hydrogen-bond acceptors (Lipinski definition) is 5. The Kier molecular flexibility index (Phi) is 4.14. The molecule has 23 heavy (non-hydrogen) atoms. The normalized spacial score (nSPS) is 12.4. The Balaban J connectivity index is 1.72. The highest BCUT2D eigenvalue weighted by atomic mass is 16.6. The quantitative estimate of drug-likeness (QED) is 0.881. The van der Waals surface area contributed by atoms with Crippen LogP contribution in [0.5, 0.6) is 11.5 Å². The summed E-state index contributed by atoms with van der Waals surface area (Å²) in [4.78, 5) is 23.6. The lowest BCUT2D eigenvalue weighted by Gasteiger charge is -2.19. The van der Waals surface area contributed by atoms with Crippen molar-refractivity contribution in [3.05, 3.63) is 53.6 Å². The molecule has 2 aromatic rings. The predicted octanol–water partition coefficient (Wildman–Crippen LogP) is 2.50. The van der Waals surface area contributed by atoms with Gasteiger partial charge in [0.25, 0.3) is 5.91 Å². The molecule has 0 radical (unpaired) electrons. The lowest BCUT2D eigenvalue weighted by molar-refractivity contribution is 0.0600. The van der Waals surface area contributed by atoms with Crippen molar-refractivity contribution in [2.75, 3.05) is 25.6 Å². The molecule has 1 amide bonds. The summed E-state index contributed by atoms with van der Waals surface area (Å²) in [6.07, 6.45) is 0. The topological polar surface area (TPSA) is 73.9 Å². The molecule has 0 aromatic heterocycles. The number of esters is 1. The van der Waals surface area contributed by atoms with E-state index in [4.69, 9.17) is 9.47 Å². The molecule has 1 aliphatic rings. The summed E-state index contributed by atoms with van der Waals surface area (Å²) in [5, 5.41) is 2.78. The average Bonchev–Trinajstić information content (AvgIpc) is 2.61. The smallest absolute Gasteiger partial charge is 0.337 e. The second-order valence-electron chi connectivity index (χ2n) is 4.88. The largest absolute Gasteiger partial charge is 0.486 e. The Labute approximate surface area is 133 Å². The molecule has 0 fully saturated rings. The molecule has 0 spiro atoms. The first-order valence-electron chi connectivity index (χ1n) is 7.07. The van der Waals surface area contributed by atoms with E-state index in [1.165, 1.54) is 7.11 Å². The standard InChI is InChI=1S/C17H15NO5/c1-21-17(20)12-4-2-11(3-5-12)16(19)18-13-6-7-14-15(10-13)23-9-8-22-14/h2-7,10H,8-9H2,1H3,(H,18,19). The van der Waals surface area contributed by atoms with E-state index in [0.717, 1.165) is 0 Å². The summed E-state index contributed by atoms with van der Waals surface area (Å²) in [5.41, 5.74) is 1.44. The van der Waals surface area contributed by atoms with Crippen LogP contribution in [0.15, 0.2) is 42.5 Å². The van der Waals surface area contributed by atoms with E-state index in [1.807, 2.05) is 0 Å². The average molecular weight is 313 g/mol. The summed E-state index contributed by atoms with van der Waals surface area (Å²) in [6.45, 7) is 1.00. The first-order valence-corrected chi connectivity index (χ1v) is 7.07. The highest BCUT2D eigenvalue weighted by Crippen LogP contribution is 2.32. The Morgan fingerprint density at radius 1 is 0.957 bits per heavy atom. The van der Waals surface area contributed by atoms with Crippen molar-refractivity contribution in [1.29, 1.82) is 0 Å². The minimum absolute atomic E-state index is 0.280. The number of methoxy groups -OCH3 is 1. The summed E-state index contributed by atoms with van der Waals surface area (Å²) >= 11 is 0. The van der Waals surface area contributed by atoms with Crippen molar-refractivity contribution >= 4 is 17.6 Å². The van der Waals surface area contributed by atoms with Gasteiger partial charge in [-0.3, -0.25) is 4.79 Å². The molecule has 0 bridgehead atoms. The van der Waals surface area contributed by atoms with Crippen molar-refractivity contribution in [3.8, 4) is 11.5 Å². The van der Waals surface area contributed by atoms with E-state index in [1.54, 1.807) is 42.5 Å². The molecular weight excluding hydrogens is 298 g/mol. The van der Waals surface area contributed by atoms with E-state index in [2.05, 4.69) is 10.1 Å². The number of carbonyl (C=O) groups excluding carboxylic acids is 2. The summed E-state index contributed by atoms with van der Waals surface area (Å²) < 4.78 is 15.5. The maximum atomic E-state index is 12.2. The minimum Gasteiger partial charge on any atom is -0.486 e. The van der Waals surface area contributed by atoms with Gasteiger partial charge < -0.3 is 19.5 Å². The molecule has 118 valence electrons. The predicted molar refractivity (Wildman–Crippen MR) is 83.2 cm³/mol. The van der Waals surface area contributed by atoms with Crippen LogP contribution in [0.1, 0.15) is 20.7 Å². The van der Waals surface area contributed by atoms with Crippen molar-refractivity contribution < 1.29 is 23.8 Å². The molecule has 0 saturated carbocycles. The molecule has 1 N–H and O–H groups in total. The fraction of sp³-hybridized carbons (Fsp3) is 0.176. The van der Waals surface area contributed by atoms with Gasteiger partial charge in [-0.1, -0.05) is 0 Å². The molecule has 0 unspecified atom stereocenters. The molecule has 0 saturated heterocycles. The van der Waals surface area contributed by atoms with E-state index < -0.39 is 5.97 Å². The first-order chi connectivity index (χ1) is 11.2. The third kappa shape index (κ3) is 3.26. The van der Waals surface area contributed by atoms with Gasteiger partial charge in [-0.05, 0) is 36.4 Å². The second kappa shape index (κ2) is 6.39. The number of ether oxygens (including phenoxy) is 3. The van der Waals surface area contributed by atoms with E-state index in [0.29, 0.717) is 41.5 Å². The number of anilines is 1. The summed E-state index contributed by atoms with van der Waals surface area (Å²) in [7, 11) is 1.31. The molecule has 2 aromatic carbocycles. The van der Waals surface area contributed by atoms with Crippen LogP contribution in [0, 0.1) is 0 Å². The lowest BCUT2D eigenvalue weighted by atomic mass is 10.1. The number of rotatable bonds is 3. The molecular formula is C17H15NO5. The van der Waals surface area contributed by atoms with Crippen LogP contribution in [-0.4, -0.2) is 32.2 Å². The van der Waals surface area contributed by atoms with Crippen LogP contribution >= 0.6 is 0 Å². The lowest BCUT2D eigenvalue weighted by Crippen LogP contribution is -2.16. The number of fused-ring (bicyclic) bond motifs is 1. The van der Waals surface area contributed by atoms with Crippen molar-refractivity contribution in [2.45, 2.75) is 0 Å². The number of hydrogen-bond donors (Lipinski definition) is 1. The zero-order chi connectivity index (χ0) is 16.2. The van der Waals surface area contributed by atoms with Crippen molar-refractivity contribution in [3.63, 3.8) is 0 Å². The molecule has 0 atom stereocenters. The van der Waals surface area contributed by atoms with Crippen LogP contribution in [-0.2, 0) is 4.74 Å². The van der Waals surface area contributed by atoms with E-state index in [-0.39, 0.29) is 5.91 Å². The molecule has 1 heterocycles. The van der Waals surface area contributed by atoms with Gasteiger partial charge in [-0.15, -0.1) is 0 Å². The number of benzene rings is 2. The molecule has 6 heteroatoms. The van der Waals surface area contributed by atoms with Crippen LogP contribution in [0.4, 0.5) is 5.69 Å². The van der Waals surface area contributed by atoms with Crippen molar-refractivity contribution in [1.82, 2.24) is 0 Å². The minimum atomic E-state index is -0.441. The number of carbonyl (C=O) groups is 2. The molecule has 3 rings (SSSR count). The Bertz CT molecular complexity index is 739. The fourth-order valence-corrected chi connectivity index (χ4v) is 2.20. The van der Waals surface area contributed by atoms with Crippen LogP contribution in [0.3, 0.4) is 0 Å². The zero-order valence-corrected chi connectivity index (χ0v) is 12.5. The number of amides is 1. The van der Waals surface area contributed by atoms with Gasteiger partial charge in [0, 0.05) is 17.3 Å². The zero-order valence-electron chi connectivity index (χ0n) is 12.5. The van der Waals surface area contributed by atoms with Gasteiger partial charge in [-0.25, -0.2) is 4.79 Å². The second-order valence-corrected chi connectivity index (χ2v) is 4.88. The maximum Gasteiger partial charge on any atom is 0.337 e. The molecule has 0 aliphatic carbocycles.